The largest absolute Gasteiger partial charge is 0.494 e. The summed E-state index contributed by atoms with van der Waals surface area (Å²) in [5.41, 5.74) is 0. The lowest BCUT2D eigenvalue weighted by atomic mass is 10.3. The Bertz CT molecular complexity index is 290. The molecule has 0 fully saturated rings. The van der Waals surface area contributed by atoms with Crippen LogP contribution in [-0.4, -0.2) is 24.8 Å². The summed E-state index contributed by atoms with van der Waals surface area (Å²) >= 11 is 3.85. The summed E-state index contributed by atoms with van der Waals surface area (Å²) in [5, 5.41) is 2.72. The summed E-state index contributed by atoms with van der Waals surface area (Å²) in [6.45, 7) is 1.24. The van der Waals surface area contributed by atoms with Gasteiger partial charge in [-0.1, -0.05) is 18.2 Å². The first-order chi connectivity index (χ1) is 7.33. The van der Waals surface area contributed by atoms with E-state index in [0.717, 1.165) is 12.2 Å². The predicted octanol–water partition coefficient (Wildman–Crippen LogP) is 1.50. The van der Waals surface area contributed by atoms with Gasteiger partial charge < -0.3 is 10.1 Å². The quantitative estimate of drug-likeness (QED) is 0.569. The van der Waals surface area contributed by atoms with E-state index in [2.05, 4.69) is 17.9 Å². The van der Waals surface area contributed by atoms with Crippen LogP contribution < -0.4 is 10.1 Å². The van der Waals surface area contributed by atoms with Gasteiger partial charge in [0.1, 0.15) is 5.75 Å². The van der Waals surface area contributed by atoms with E-state index in [1.54, 1.807) is 0 Å². The van der Waals surface area contributed by atoms with Crippen LogP contribution in [0.25, 0.3) is 0 Å². The molecule has 0 saturated heterocycles. The Kier molecular flexibility index (Phi) is 5.70. The fourth-order valence-corrected chi connectivity index (χ4v) is 1.17. The molecule has 15 heavy (non-hydrogen) atoms. The molecule has 1 aromatic rings. The third kappa shape index (κ3) is 5.32. The molecule has 0 saturated carbocycles. The lowest BCUT2D eigenvalue weighted by molar-refractivity contribution is -0.118. The van der Waals surface area contributed by atoms with Gasteiger partial charge in [-0.25, -0.2) is 0 Å². The second kappa shape index (κ2) is 7.17. The van der Waals surface area contributed by atoms with E-state index >= 15 is 0 Å². The molecule has 1 rings (SSSR count). The Balaban J connectivity index is 2.05. The molecule has 1 aromatic carbocycles. The Labute approximate surface area is 95.2 Å². The van der Waals surface area contributed by atoms with Crippen molar-refractivity contribution in [1.29, 1.82) is 0 Å². The van der Waals surface area contributed by atoms with E-state index in [1.165, 1.54) is 0 Å². The zero-order valence-electron chi connectivity index (χ0n) is 8.48. The topological polar surface area (TPSA) is 38.3 Å². The van der Waals surface area contributed by atoms with Gasteiger partial charge in [0.15, 0.2) is 0 Å². The zero-order chi connectivity index (χ0) is 10.9. The molecule has 0 aliphatic rings. The summed E-state index contributed by atoms with van der Waals surface area (Å²) in [6.07, 6.45) is 0.800. The zero-order valence-corrected chi connectivity index (χ0v) is 9.37. The molecule has 0 bridgehead atoms. The van der Waals surface area contributed by atoms with Crippen molar-refractivity contribution in [3.8, 4) is 5.75 Å². The SMILES string of the molecule is O=C(CS)NCCCOc1ccccc1. The van der Waals surface area contributed by atoms with Gasteiger partial charge in [0.2, 0.25) is 5.91 Å². The molecular weight excluding hydrogens is 210 g/mol. The summed E-state index contributed by atoms with van der Waals surface area (Å²) in [4.78, 5) is 10.8. The second-order valence-electron chi connectivity index (χ2n) is 3.02. The first-order valence-electron chi connectivity index (χ1n) is 4.88. The van der Waals surface area contributed by atoms with Crippen LogP contribution in [0.15, 0.2) is 30.3 Å². The Morgan fingerprint density at radius 3 is 2.73 bits per heavy atom. The predicted molar refractivity (Wildman–Crippen MR) is 63.4 cm³/mol. The van der Waals surface area contributed by atoms with Crippen LogP contribution in [0.5, 0.6) is 5.75 Å². The minimum absolute atomic E-state index is 0.0435. The van der Waals surface area contributed by atoms with Crippen LogP contribution in [0.2, 0.25) is 0 Å². The molecule has 0 aliphatic heterocycles. The fraction of sp³-hybridized carbons (Fsp3) is 0.364. The highest BCUT2D eigenvalue weighted by atomic mass is 32.1. The highest BCUT2D eigenvalue weighted by Gasteiger charge is 1.96. The van der Waals surface area contributed by atoms with Crippen LogP contribution in [0, 0.1) is 0 Å². The van der Waals surface area contributed by atoms with Gasteiger partial charge in [-0.3, -0.25) is 4.79 Å². The summed E-state index contributed by atoms with van der Waals surface area (Å²) < 4.78 is 5.45. The maximum Gasteiger partial charge on any atom is 0.229 e. The van der Waals surface area contributed by atoms with E-state index in [-0.39, 0.29) is 11.7 Å². The van der Waals surface area contributed by atoms with Crippen molar-refractivity contribution >= 4 is 18.5 Å². The van der Waals surface area contributed by atoms with Gasteiger partial charge in [-0.05, 0) is 18.6 Å². The molecule has 4 heteroatoms. The molecule has 1 amide bonds. The molecule has 1 N–H and O–H groups in total. The van der Waals surface area contributed by atoms with E-state index < -0.39 is 0 Å². The Morgan fingerprint density at radius 2 is 2.07 bits per heavy atom. The van der Waals surface area contributed by atoms with Crippen molar-refractivity contribution in [2.45, 2.75) is 6.42 Å². The number of hydrogen-bond acceptors (Lipinski definition) is 3. The lowest BCUT2D eigenvalue weighted by Crippen LogP contribution is -2.26. The number of carbonyl (C=O) groups excluding carboxylic acids is 1. The highest BCUT2D eigenvalue weighted by molar-refractivity contribution is 7.81. The van der Waals surface area contributed by atoms with Gasteiger partial charge in [0.05, 0.1) is 12.4 Å². The van der Waals surface area contributed by atoms with Gasteiger partial charge >= 0.3 is 0 Å². The number of carbonyl (C=O) groups is 1. The van der Waals surface area contributed by atoms with Crippen LogP contribution >= 0.6 is 12.6 Å². The molecule has 0 heterocycles. The molecule has 82 valence electrons. The van der Waals surface area contributed by atoms with Crippen molar-refractivity contribution in [3.63, 3.8) is 0 Å². The van der Waals surface area contributed by atoms with E-state index in [1.807, 2.05) is 30.3 Å². The smallest absolute Gasteiger partial charge is 0.229 e. The average Bonchev–Trinajstić information content (AvgIpc) is 2.29. The van der Waals surface area contributed by atoms with Crippen LogP contribution in [0.4, 0.5) is 0 Å². The Morgan fingerprint density at radius 1 is 1.33 bits per heavy atom. The highest BCUT2D eigenvalue weighted by Crippen LogP contribution is 2.07. The van der Waals surface area contributed by atoms with Crippen LogP contribution in [0.3, 0.4) is 0 Å². The van der Waals surface area contributed by atoms with Crippen LogP contribution in [-0.2, 0) is 4.79 Å². The summed E-state index contributed by atoms with van der Waals surface area (Å²) in [6, 6.07) is 9.62. The van der Waals surface area contributed by atoms with Gasteiger partial charge in [0.25, 0.3) is 0 Å². The van der Waals surface area contributed by atoms with Gasteiger partial charge in [0, 0.05) is 6.54 Å². The monoisotopic (exact) mass is 225 g/mol. The van der Waals surface area contributed by atoms with Crippen molar-refractivity contribution in [2.75, 3.05) is 18.9 Å². The number of nitrogens with one attached hydrogen (secondary N) is 1. The standard InChI is InChI=1S/C11H15NO2S/c13-11(9-15)12-7-4-8-14-10-5-2-1-3-6-10/h1-3,5-6,15H,4,7-9H2,(H,12,13). The summed E-state index contributed by atoms with van der Waals surface area (Å²) in [5.74, 6) is 1.05. The van der Waals surface area contributed by atoms with Gasteiger partial charge in [-0.15, -0.1) is 0 Å². The fourth-order valence-electron chi connectivity index (χ4n) is 1.06. The van der Waals surface area contributed by atoms with Crippen molar-refractivity contribution in [1.82, 2.24) is 5.32 Å². The number of benzene rings is 1. The Hall–Kier alpha value is -1.16. The van der Waals surface area contributed by atoms with E-state index in [0.29, 0.717) is 13.2 Å². The molecule has 0 unspecified atom stereocenters. The first kappa shape index (κ1) is 11.9. The number of para-hydroxylation sites is 1. The van der Waals surface area contributed by atoms with E-state index in [9.17, 15) is 4.79 Å². The third-order valence-electron chi connectivity index (χ3n) is 1.80. The number of thiol groups is 1. The maximum absolute atomic E-state index is 10.8. The second-order valence-corrected chi connectivity index (χ2v) is 3.34. The van der Waals surface area contributed by atoms with Crippen molar-refractivity contribution in [2.24, 2.45) is 0 Å². The minimum atomic E-state index is -0.0435. The molecular formula is C11H15NO2S. The number of rotatable bonds is 6. The first-order valence-corrected chi connectivity index (χ1v) is 5.51. The normalized spacial score (nSPS) is 9.67. The third-order valence-corrected chi connectivity index (χ3v) is 2.09. The molecule has 0 radical (unpaired) electrons. The molecule has 0 aromatic heterocycles. The molecule has 3 nitrogen and oxygen atoms in total. The van der Waals surface area contributed by atoms with Crippen LogP contribution in [0.1, 0.15) is 6.42 Å². The number of ether oxygens (including phenoxy) is 1. The number of amides is 1. The average molecular weight is 225 g/mol. The lowest BCUT2D eigenvalue weighted by Gasteiger charge is -2.06. The number of hydrogen-bond donors (Lipinski definition) is 2. The molecule has 0 aliphatic carbocycles. The summed E-state index contributed by atoms with van der Waals surface area (Å²) in [7, 11) is 0. The van der Waals surface area contributed by atoms with Crippen molar-refractivity contribution in [3.05, 3.63) is 30.3 Å². The molecule has 0 atom stereocenters. The molecule has 0 spiro atoms. The minimum Gasteiger partial charge on any atom is -0.494 e. The van der Waals surface area contributed by atoms with E-state index in [4.69, 9.17) is 4.74 Å². The maximum atomic E-state index is 10.8. The van der Waals surface area contributed by atoms with Crippen molar-refractivity contribution < 1.29 is 9.53 Å². The van der Waals surface area contributed by atoms with Gasteiger partial charge in [-0.2, -0.15) is 12.6 Å².